The molecule has 3 atom stereocenters. The summed E-state index contributed by atoms with van der Waals surface area (Å²) in [6.07, 6.45) is 3.37. The number of nitrogens with one attached hydrogen (secondary N) is 1. The van der Waals surface area contributed by atoms with Gasteiger partial charge in [-0.15, -0.1) is 11.8 Å². The third-order valence-corrected chi connectivity index (χ3v) is 5.05. The average Bonchev–Trinajstić information content (AvgIpc) is 2.57. The van der Waals surface area contributed by atoms with Crippen molar-refractivity contribution >= 4 is 30.0 Å². The van der Waals surface area contributed by atoms with Gasteiger partial charge in [-0.1, -0.05) is 0 Å². The highest BCUT2D eigenvalue weighted by Gasteiger charge is 2.40. The van der Waals surface area contributed by atoms with E-state index < -0.39 is 17.7 Å². The number of piperidine rings is 1. The van der Waals surface area contributed by atoms with Crippen molar-refractivity contribution in [3.8, 4) is 0 Å². The molecule has 0 aliphatic carbocycles. The number of amides is 2. The maximum Gasteiger partial charge on any atom is 0.408 e. The van der Waals surface area contributed by atoms with Gasteiger partial charge in [0, 0.05) is 0 Å². The van der Waals surface area contributed by atoms with Gasteiger partial charge in [0.1, 0.15) is 17.9 Å². The molecule has 0 aromatic heterocycles. The van der Waals surface area contributed by atoms with Gasteiger partial charge in [0.05, 0.1) is 11.4 Å². The van der Waals surface area contributed by atoms with Crippen LogP contribution < -0.4 is 5.32 Å². The molecule has 0 saturated carbocycles. The number of aldehydes is 1. The third kappa shape index (κ3) is 4.15. The fraction of sp³-hybridized carbons (Fsp3) is 0.800. The smallest absolute Gasteiger partial charge is 0.408 e. The Morgan fingerprint density at radius 1 is 1.36 bits per heavy atom. The summed E-state index contributed by atoms with van der Waals surface area (Å²) >= 11 is 1.69. The van der Waals surface area contributed by atoms with E-state index >= 15 is 0 Å². The Kier molecular flexibility index (Phi) is 5.36. The normalized spacial score (nSPS) is 29.3. The number of alkyl carbamates (subject to hydrolysis) is 1. The molecule has 2 amide bonds. The molecule has 0 unspecified atom stereocenters. The summed E-state index contributed by atoms with van der Waals surface area (Å²) in [7, 11) is 0. The number of fused-ring (bicyclic) bond motifs is 1. The minimum atomic E-state index is -0.618. The number of carbonyl (C=O) groups excluding carboxylic acids is 3. The first kappa shape index (κ1) is 17.1. The summed E-state index contributed by atoms with van der Waals surface area (Å²) < 4.78 is 5.22. The molecule has 0 aromatic carbocycles. The summed E-state index contributed by atoms with van der Waals surface area (Å²) in [6.45, 7) is 5.33. The largest absolute Gasteiger partial charge is 0.444 e. The van der Waals surface area contributed by atoms with Gasteiger partial charge in [0.2, 0.25) is 5.91 Å². The molecule has 0 spiro atoms. The molecule has 2 rings (SSSR count). The minimum Gasteiger partial charge on any atom is -0.444 e. The van der Waals surface area contributed by atoms with E-state index in [1.54, 1.807) is 37.4 Å². The van der Waals surface area contributed by atoms with Crippen LogP contribution in [-0.4, -0.2) is 52.0 Å². The fourth-order valence-corrected chi connectivity index (χ4v) is 4.20. The van der Waals surface area contributed by atoms with E-state index in [-0.39, 0.29) is 17.3 Å². The van der Waals surface area contributed by atoms with Gasteiger partial charge >= 0.3 is 6.09 Å². The predicted octanol–water partition coefficient (Wildman–Crippen LogP) is 1.92. The van der Waals surface area contributed by atoms with E-state index in [0.29, 0.717) is 12.8 Å². The highest BCUT2D eigenvalue weighted by molar-refractivity contribution is 7.99. The van der Waals surface area contributed by atoms with E-state index in [4.69, 9.17) is 4.74 Å². The number of thioether (sulfide) groups is 1. The lowest BCUT2D eigenvalue weighted by molar-refractivity contribution is -0.140. The van der Waals surface area contributed by atoms with E-state index in [1.807, 2.05) is 0 Å². The Bertz CT molecular complexity index is 449. The lowest BCUT2D eigenvalue weighted by Crippen LogP contribution is -2.55. The summed E-state index contributed by atoms with van der Waals surface area (Å²) in [6, 6.07) is -0.993. The van der Waals surface area contributed by atoms with Gasteiger partial charge in [-0.05, 0) is 52.2 Å². The van der Waals surface area contributed by atoms with Crippen molar-refractivity contribution in [3.63, 3.8) is 0 Å². The zero-order valence-corrected chi connectivity index (χ0v) is 14.1. The Morgan fingerprint density at radius 3 is 2.73 bits per heavy atom. The summed E-state index contributed by atoms with van der Waals surface area (Å²) in [5.41, 5.74) is -0.606. The fourth-order valence-electron chi connectivity index (χ4n) is 2.81. The van der Waals surface area contributed by atoms with Crippen LogP contribution in [0.25, 0.3) is 0 Å². The van der Waals surface area contributed by atoms with Crippen molar-refractivity contribution in [1.82, 2.24) is 10.2 Å². The molecule has 124 valence electrons. The van der Waals surface area contributed by atoms with Crippen LogP contribution in [0.4, 0.5) is 4.79 Å². The quantitative estimate of drug-likeness (QED) is 0.784. The van der Waals surface area contributed by atoms with E-state index in [1.165, 1.54) is 0 Å². The Balaban J connectivity index is 2.07. The van der Waals surface area contributed by atoms with Crippen LogP contribution in [0.3, 0.4) is 0 Å². The maximum absolute atomic E-state index is 12.7. The monoisotopic (exact) mass is 328 g/mol. The molecule has 2 saturated heterocycles. The highest BCUT2D eigenvalue weighted by Crippen LogP contribution is 2.33. The second kappa shape index (κ2) is 6.89. The average molecular weight is 328 g/mol. The summed E-state index contributed by atoms with van der Waals surface area (Å²) in [5.74, 6) is 0.608. The van der Waals surface area contributed by atoms with Crippen LogP contribution in [0.2, 0.25) is 0 Å². The number of rotatable bonds is 2. The molecule has 2 heterocycles. The first-order chi connectivity index (χ1) is 10.3. The summed E-state index contributed by atoms with van der Waals surface area (Å²) in [4.78, 5) is 37.6. The first-order valence-corrected chi connectivity index (χ1v) is 8.75. The second-order valence-corrected chi connectivity index (χ2v) is 7.98. The van der Waals surface area contributed by atoms with Crippen molar-refractivity contribution in [1.29, 1.82) is 0 Å². The predicted molar refractivity (Wildman–Crippen MR) is 84.6 cm³/mol. The van der Waals surface area contributed by atoms with Crippen LogP contribution in [0.15, 0.2) is 0 Å². The topological polar surface area (TPSA) is 75.7 Å². The van der Waals surface area contributed by atoms with Crippen molar-refractivity contribution < 1.29 is 19.1 Å². The maximum atomic E-state index is 12.7. The van der Waals surface area contributed by atoms with Crippen molar-refractivity contribution in [2.75, 3.05) is 5.75 Å². The molecular weight excluding hydrogens is 304 g/mol. The number of nitrogens with zero attached hydrogens (tertiary/aromatic N) is 1. The SMILES string of the molecule is CC(C)(C)OC(=O)N[C@H]1CCS[C@H]2CCC[C@@H](C=O)N2C1=O. The van der Waals surface area contributed by atoms with E-state index in [0.717, 1.165) is 24.9 Å². The Hall–Kier alpha value is -1.24. The summed E-state index contributed by atoms with van der Waals surface area (Å²) in [5, 5.41) is 2.70. The molecule has 7 heteroatoms. The second-order valence-electron chi connectivity index (χ2n) is 6.69. The van der Waals surface area contributed by atoms with Crippen molar-refractivity contribution in [3.05, 3.63) is 0 Å². The number of ether oxygens (including phenoxy) is 1. The molecule has 2 aliphatic heterocycles. The standard InChI is InChI=1S/C15H24N2O4S/c1-15(2,3)21-14(20)16-11-7-8-22-12-6-4-5-10(9-18)17(12)13(11)19/h9-12H,4-8H2,1-3H3,(H,16,20)/t10-,11-,12-/m0/s1. The minimum absolute atomic E-state index is 0.0434. The van der Waals surface area contributed by atoms with Gasteiger partial charge in [0.15, 0.2) is 0 Å². The van der Waals surface area contributed by atoms with Crippen LogP contribution >= 0.6 is 11.8 Å². The molecule has 1 N–H and O–H groups in total. The lowest BCUT2D eigenvalue weighted by atomic mass is 10.0. The number of hydrogen-bond acceptors (Lipinski definition) is 5. The van der Waals surface area contributed by atoms with Gasteiger partial charge < -0.3 is 19.7 Å². The molecule has 6 nitrogen and oxygen atoms in total. The molecular formula is C15H24N2O4S. The molecule has 22 heavy (non-hydrogen) atoms. The number of hydrogen-bond donors (Lipinski definition) is 1. The van der Waals surface area contributed by atoms with Gasteiger partial charge in [-0.2, -0.15) is 0 Å². The van der Waals surface area contributed by atoms with Crippen molar-refractivity contribution in [2.45, 2.75) is 69.5 Å². The van der Waals surface area contributed by atoms with Gasteiger partial charge in [-0.3, -0.25) is 4.79 Å². The third-order valence-electron chi connectivity index (χ3n) is 3.74. The van der Waals surface area contributed by atoms with Crippen LogP contribution in [-0.2, 0) is 14.3 Å². The lowest BCUT2D eigenvalue weighted by Gasteiger charge is -2.39. The Labute approximate surface area is 135 Å². The van der Waals surface area contributed by atoms with Crippen LogP contribution in [0.1, 0.15) is 46.5 Å². The molecule has 2 aliphatic rings. The van der Waals surface area contributed by atoms with Gasteiger partial charge in [0.25, 0.3) is 0 Å². The highest BCUT2D eigenvalue weighted by atomic mass is 32.2. The molecule has 2 fully saturated rings. The van der Waals surface area contributed by atoms with Crippen LogP contribution in [0.5, 0.6) is 0 Å². The first-order valence-electron chi connectivity index (χ1n) is 7.70. The molecule has 0 radical (unpaired) electrons. The Morgan fingerprint density at radius 2 is 2.09 bits per heavy atom. The van der Waals surface area contributed by atoms with Crippen molar-refractivity contribution in [2.24, 2.45) is 0 Å². The number of carbonyl (C=O) groups is 3. The van der Waals surface area contributed by atoms with Gasteiger partial charge in [-0.25, -0.2) is 4.79 Å². The molecule has 0 aromatic rings. The zero-order chi connectivity index (χ0) is 16.3. The van der Waals surface area contributed by atoms with E-state index in [9.17, 15) is 14.4 Å². The molecule has 0 bridgehead atoms. The zero-order valence-electron chi connectivity index (χ0n) is 13.3. The van der Waals surface area contributed by atoms with E-state index in [2.05, 4.69) is 5.32 Å². The van der Waals surface area contributed by atoms with Crippen LogP contribution in [0, 0.1) is 0 Å².